The van der Waals surface area contributed by atoms with Crippen molar-refractivity contribution in [2.45, 2.75) is 78.7 Å². The first-order valence-corrected chi connectivity index (χ1v) is 17.3. The van der Waals surface area contributed by atoms with Crippen LogP contribution >= 0.6 is 11.8 Å². The van der Waals surface area contributed by atoms with E-state index in [9.17, 15) is 34.8 Å². The predicted molar refractivity (Wildman–Crippen MR) is 158 cm³/mol. The Morgan fingerprint density at radius 2 is 1.77 bits per heavy atom. The fourth-order valence-corrected chi connectivity index (χ4v) is 6.97. The maximum absolute atomic E-state index is 13.6. The van der Waals surface area contributed by atoms with Crippen LogP contribution in [-0.2, 0) is 44.2 Å². The molecule has 1 atom stereocenters. The Morgan fingerprint density at radius 3 is 2.39 bits per heavy atom. The van der Waals surface area contributed by atoms with E-state index in [0.29, 0.717) is 18.4 Å². The minimum absolute atomic E-state index is 0.254. The number of sulfone groups is 1. The van der Waals surface area contributed by atoms with Crippen molar-refractivity contribution in [2.75, 3.05) is 11.1 Å². The summed E-state index contributed by atoms with van der Waals surface area (Å²) in [5.74, 6) is 0.306. The summed E-state index contributed by atoms with van der Waals surface area (Å²) in [6.45, 7) is 6.15. The molecule has 0 saturated heterocycles. The highest BCUT2D eigenvalue weighted by atomic mass is 32.2. The number of aryl methyl sites for hydroxylation is 1. The zero-order valence-electron chi connectivity index (χ0n) is 24.0. The first kappa shape index (κ1) is 33.6. The molecule has 1 aliphatic heterocycles. The Hall–Kier alpha value is -3.28. The van der Waals surface area contributed by atoms with E-state index in [-0.39, 0.29) is 19.5 Å². The normalized spacial score (nSPS) is 14.8. The number of hydrogen-bond donors (Lipinski definition) is 2. The number of aromatic nitrogens is 2. The quantitative estimate of drug-likeness (QED) is 0.290. The number of carbonyl (C=O) groups is 1. The van der Waals surface area contributed by atoms with E-state index in [0.717, 1.165) is 28.3 Å². The van der Waals surface area contributed by atoms with E-state index in [1.54, 1.807) is 31.6 Å². The summed E-state index contributed by atoms with van der Waals surface area (Å²) < 4.78 is 96.7. The number of sulfonamides is 1. The van der Waals surface area contributed by atoms with Gasteiger partial charge in [-0.3, -0.25) is 9.58 Å². The van der Waals surface area contributed by atoms with E-state index in [2.05, 4.69) is 10.4 Å². The molecule has 11 nitrogen and oxygen atoms in total. The third-order valence-corrected chi connectivity index (χ3v) is 10.1. The van der Waals surface area contributed by atoms with Crippen molar-refractivity contribution in [2.24, 2.45) is 5.14 Å². The maximum atomic E-state index is 13.6. The molecule has 0 aliphatic carbocycles. The van der Waals surface area contributed by atoms with Crippen molar-refractivity contribution in [1.29, 1.82) is 0 Å². The average Bonchev–Trinajstić information content (AvgIpc) is 3.50. The van der Waals surface area contributed by atoms with Crippen molar-refractivity contribution < 1.29 is 39.5 Å². The standard InChI is InChI=1S/C27H32F3N5O6S3/c1-26(2,3)41-25(36)34-15-18-14-32-35(23(18)16-34)12-11-19(17-42-20-7-5-4-6-8-20)33-22-10-9-21(44(31,39)40)13-24(22)43(37,38)27(28,29)30/h4-10,13-14,19,33H,11-12,15-17H2,1-3H3,(H2,31,39,40)/t19-/m1/s1. The second kappa shape index (κ2) is 12.6. The van der Waals surface area contributed by atoms with Gasteiger partial charge < -0.3 is 10.1 Å². The van der Waals surface area contributed by atoms with Crippen LogP contribution in [0.25, 0.3) is 0 Å². The first-order chi connectivity index (χ1) is 20.3. The molecule has 0 unspecified atom stereocenters. The number of alkyl halides is 3. The molecular formula is C27H32F3N5O6S3. The zero-order valence-corrected chi connectivity index (χ0v) is 26.5. The minimum atomic E-state index is -5.95. The van der Waals surface area contributed by atoms with E-state index in [1.807, 2.05) is 30.3 Å². The summed E-state index contributed by atoms with van der Waals surface area (Å²) in [6.07, 6.45) is 1.45. The third-order valence-electron chi connectivity index (χ3n) is 6.51. The van der Waals surface area contributed by atoms with Crippen LogP contribution in [0.15, 0.2) is 69.4 Å². The molecule has 240 valence electrons. The number of benzene rings is 2. The number of rotatable bonds is 10. The molecule has 2 aromatic carbocycles. The number of nitrogens with zero attached hydrogens (tertiary/aromatic N) is 3. The largest absolute Gasteiger partial charge is 0.501 e. The first-order valence-electron chi connectivity index (χ1n) is 13.3. The number of nitrogens with two attached hydrogens (primary N) is 1. The lowest BCUT2D eigenvalue weighted by Crippen LogP contribution is -2.34. The molecule has 1 aliphatic rings. The lowest BCUT2D eigenvalue weighted by atomic mass is 10.2. The number of nitrogens with one attached hydrogen (secondary N) is 1. The molecule has 0 bridgehead atoms. The van der Waals surface area contributed by atoms with Crippen LogP contribution in [0.2, 0.25) is 0 Å². The Balaban J connectivity index is 1.60. The van der Waals surface area contributed by atoms with Crippen LogP contribution < -0.4 is 10.5 Å². The van der Waals surface area contributed by atoms with E-state index in [4.69, 9.17) is 9.88 Å². The van der Waals surface area contributed by atoms with Gasteiger partial charge in [-0.05, 0) is 57.5 Å². The van der Waals surface area contributed by atoms with Gasteiger partial charge in [-0.25, -0.2) is 26.8 Å². The number of hydrogen-bond acceptors (Lipinski definition) is 9. The van der Waals surface area contributed by atoms with Crippen molar-refractivity contribution >= 4 is 43.4 Å². The summed E-state index contributed by atoms with van der Waals surface area (Å²) >= 11 is 1.40. The van der Waals surface area contributed by atoms with Crippen LogP contribution in [0.5, 0.6) is 0 Å². The van der Waals surface area contributed by atoms with Crippen molar-refractivity contribution in [3.63, 3.8) is 0 Å². The molecule has 0 saturated carbocycles. The Labute approximate surface area is 257 Å². The summed E-state index contributed by atoms with van der Waals surface area (Å²) in [6, 6.07) is 10.9. The van der Waals surface area contributed by atoms with Gasteiger partial charge in [0.1, 0.15) is 10.5 Å². The van der Waals surface area contributed by atoms with Crippen LogP contribution in [0, 0.1) is 0 Å². The van der Waals surface area contributed by atoms with Gasteiger partial charge in [0.05, 0.1) is 35.6 Å². The number of carbonyl (C=O) groups excluding carboxylic acids is 1. The molecular weight excluding hydrogens is 644 g/mol. The molecule has 1 amide bonds. The summed E-state index contributed by atoms with van der Waals surface area (Å²) in [7, 11) is -10.5. The predicted octanol–water partition coefficient (Wildman–Crippen LogP) is 4.74. The summed E-state index contributed by atoms with van der Waals surface area (Å²) in [5.41, 5.74) is -5.17. The van der Waals surface area contributed by atoms with Crippen molar-refractivity contribution in [1.82, 2.24) is 14.7 Å². The zero-order chi connectivity index (χ0) is 32.5. The minimum Gasteiger partial charge on any atom is -0.444 e. The number of fused-ring (bicyclic) bond motifs is 1. The fraction of sp³-hybridized carbons (Fsp3) is 0.407. The van der Waals surface area contributed by atoms with Crippen LogP contribution in [0.1, 0.15) is 38.4 Å². The smallest absolute Gasteiger partial charge is 0.444 e. The van der Waals surface area contributed by atoms with Gasteiger partial charge in [0.25, 0.3) is 9.84 Å². The van der Waals surface area contributed by atoms with Gasteiger partial charge >= 0.3 is 11.6 Å². The second-order valence-electron chi connectivity index (χ2n) is 11.1. The van der Waals surface area contributed by atoms with Crippen LogP contribution in [0.3, 0.4) is 0 Å². The number of halogens is 3. The maximum Gasteiger partial charge on any atom is 0.501 e. The highest BCUT2D eigenvalue weighted by molar-refractivity contribution is 7.99. The topological polar surface area (TPSA) is 154 Å². The Kier molecular flexibility index (Phi) is 9.63. The number of amides is 1. The van der Waals surface area contributed by atoms with Crippen LogP contribution in [0.4, 0.5) is 23.7 Å². The molecule has 1 aromatic heterocycles. The van der Waals surface area contributed by atoms with Crippen molar-refractivity contribution in [3.8, 4) is 0 Å². The van der Waals surface area contributed by atoms with E-state index < -0.39 is 58.6 Å². The Morgan fingerprint density at radius 1 is 1.09 bits per heavy atom. The van der Waals surface area contributed by atoms with Crippen LogP contribution in [-0.4, -0.2) is 60.5 Å². The summed E-state index contributed by atoms with van der Waals surface area (Å²) in [5, 5.41) is 12.4. The van der Waals surface area contributed by atoms with Gasteiger partial charge in [-0.1, -0.05) is 18.2 Å². The number of anilines is 1. The molecule has 4 rings (SSSR count). The van der Waals surface area contributed by atoms with Gasteiger partial charge in [0.2, 0.25) is 10.0 Å². The number of ether oxygens (including phenoxy) is 1. The highest BCUT2D eigenvalue weighted by Crippen LogP contribution is 2.36. The Bertz CT molecular complexity index is 1720. The van der Waals surface area contributed by atoms with Gasteiger partial charge in [-0.15, -0.1) is 11.8 Å². The molecule has 2 heterocycles. The molecule has 0 radical (unpaired) electrons. The SMILES string of the molecule is CC(C)(C)OC(=O)N1Cc2cnn(CC[C@H](CSc3ccccc3)Nc3ccc(S(N)(=O)=O)cc3S(=O)(=O)C(F)(F)F)c2C1. The summed E-state index contributed by atoms with van der Waals surface area (Å²) in [4.78, 5) is 13.0. The van der Waals surface area contributed by atoms with E-state index >= 15 is 0 Å². The second-order valence-corrected chi connectivity index (χ2v) is 15.6. The number of thioether (sulfide) groups is 1. The van der Waals surface area contributed by atoms with Crippen molar-refractivity contribution in [3.05, 3.63) is 66.0 Å². The van der Waals surface area contributed by atoms with Gasteiger partial charge in [0.15, 0.2) is 0 Å². The molecule has 3 aromatic rings. The molecule has 0 fully saturated rings. The molecule has 44 heavy (non-hydrogen) atoms. The highest BCUT2D eigenvalue weighted by Gasteiger charge is 2.48. The fourth-order valence-electron chi connectivity index (χ4n) is 4.41. The number of primary sulfonamides is 1. The van der Waals surface area contributed by atoms with Gasteiger partial charge in [-0.2, -0.15) is 18.3 Å². The lowest BCUT2D eigenvalue weighted by molar-refractivity contribution is -0.0435. The molecule has 3 N–H and O–H groups in total. The molecule has 17 heteroatoms. The lowest BCUT2D eigenvalue weighted by Gasteiger charge is -2.24. The third kappa shape index (κ3) is 8.05. The average molecular weight is 676 g/mol. The molecule has 0 spiro atoms. The van der Waals surface area contributed by atoms with Gasteiger partial charge in [0, 0.05) is 28.8 Å². The monoisotopic (exact) mass is 675 g/mol. The van der Waals surface area contributed by atoms with E-state index in [1.165, 1.54) is 16.7 Å².